The minimum atomic E-state index is -0.576. The molecule has 52 valence electrons. The Hall–Kier alpha value is -1.17. The van der Waals surface area contributed by atoms with Crippen molar-refractivity contribution < 1.29 is 0 Å². The monoisotopic (exact) mass is 156 g/mol. The van der Waals surface area contributed by atoms with Crippen molar-refractivity contribution in [3.63, 3.8) is 0 Å². The minimum absolute atomic E-state index is 0.576. The zero-order valence-electron chi connectivity index (χ0n) is 6.12. The summed E-state index contributed by atoms with van der Waals surface area (Å²) in [5.41, 5.74) is 2.25. The first-order chi connectivity index (χ1) is 5.47. The molecule has 0 amide bonds. The first-order valence-corrected chi connectivity index (χ1v) is 5.23. The summed E-state index contributed by atoms with van der Waals surface area (Å²) in [6.45, 7) is 0. The average Bonchev–Trinajstić information content (AvgIpc) is 2.58. The van der Waals surface area contributed by atoms with E-state index >= 15 is 0 Å². The Labute approximate surface area is 67.7 Å². The molecule has 0 aliphatic carbocycles. The zero-order chi connectivity index (χ0) is 7.52. The Morgan fingerprint density at radius 1 is 1.09 bits per heavy atom. The normalized spacial score (nSPS) is 13.6. The van der Waals surface area contributed by atoms with Gasteiger partial charge in [0.05, 0.1) is 0 Å². The van der Waals surface area contributed by atoms with Crippen LogP contribution in [0.2, 0.25) is 0 Å². The summed E-state index contributed by atoms with van der Waals surface area (Å²) in [5, 5.41) is 4.76. The molecule has 0 nitrogen and oxygen atoms in total. The van der Waals surface area contributed by atoms with E-state index in [1.807, 2.05) is 12.1 Å². The van der Waals surface area contributed by atoms with Crippen molar-refractivity contribution in [2.45, 2.75) is 0 Å². The molecule has 0 saturated heterocycles. The van der Waals surface area contributed by atoms with Gasteiger partial charge >= 0.3 is 0 Å². The number of hydrogen-bond acceptors (Lipinski definition) is 0. The standard InChI is InChI=1S/C10H8Si/c1-2-6-10(7-3-1)11-8-4-5-9-11/h1-8H. The topological polar surface area (TPSA) is 0 Å². The van der Waals surface area contributed by atoms with Crippen molar-refractivity contribution in [2.75, 3.05) is 0 Å². The summed E-state index contributed by atoms with van der Waals surface area (Å²) < 4.78 is 0. The van der Waals surface area contributed by atoms with Crippen LogP contribution in [0.1, 0.15) is 0 Å². The molecule has 1 heteroatoms. The molecule has 0 unspecified atom stereocenters. The summed E-state index contributed by atoms with van der Waals surface area (Å²) in [5.74, 6) is 0. The van der Waals surface area contributed by atoms with E-state index in [0.29, 0.717) is 0 Å². The fraction of sp³-hybridized carbons (Fsp3) is 0. The van der Waals surface area contributed by atoms with Crippen molar-refractivity contribution in [1.82, 2.24) is 0 Å². The lowest BCUT2D eigenvalue weighted by Crippen LogP contribution is -2.18. The highest BCUT2D eigenvalue weighted by Crippen LogP contribution is 1.87. The summed E-state index contributed by atoms with van der Waals surface area (Å²) in [6.07, 6.45) is 4.10. The van der Waals surface area contributed by atoms with Gasteiger partial charge in [0.15, 0.2) is 0 Å². The molecule has 0 atom stereocenters. The third kappa shape index (κ3) is 1.29. The van der Waals surface area contributed by atoms with Gasteiger partial charge in [-0.15, -0.1) is 5.33 Å². The predicted octanol–water partition coefficient (Wildman–Crippen LogP) is 1.04. The van der Waals surface area contributed by atoms with Gasteiger partial charge < -0.3 is 0 Å². The molecule has 0 fully saturated rings. The highest BCUT2D eigenvalue weighted by molar-refractivity contribution is 6.82. The van der Waals surface area contributed by atoms with Gasteiger partial charge in [0.25, 0.3) is 0 Å². The van der Waals surface area contributed by atoms with Gasteiger partial charge in [0, 0.05) is 0 Å². The second-order valence-corrected chi connectivity index (χ2v) is 4.48. The SMILES string of the molecule is C1=CC=C[Si]=1c1ccccc1. The van der Waals surface area contributed by atoms with E-state index in [1.54, 1.807) is 0 Å². The van der Waals surface area contributed by atoms with Gasteiger partial charge in [-0.1, -0.05) is 42.1 Å². The molecule has 0 spiro atoms. The lowest BCUT2D eigenvalue weighted by Gasteiger charge is -1.93. The Morgan fingerprint density at radius 3 is 2.55 bits per heavy atom. The lowest BCUT2D eigenvalue weighted by molar-refractivity contribution is 1.77. The van der Waals surface area contributed by atoms with Gasteiger partial charge in [-0.3, -0.25) is 0 Å². The minimum Gasteiger partial charge on any atom is -0.146 e. The molecule has 1 heterocycles. The molecule has 0 bridgehead atoms. The first kappa shape index (κ1) is 6.53. The van der Waals surface area contributed by atoms with Crippen LogP contribution in [0.15, 0.2) is 48.2 Å². The van der Waals surface area contributed by atoms with E-state index in [9.17, 15) is 0 Å². The Morgan fingerprint density at radius 2 is 1.91 bits per heavy atom. The highest BCUT2D eigenvalue weighted by Gasteiger charge is 1.97. The zero-order valence-corrected chi connectivity index (χ0v) is 7.12. The van der Waals surface area contributed by atoms with Crippen LogP contribution >= 0.6 is 0 Å². The quantitative estimate of drug-likeness (QED) is 0.533. The molecule has 1 aromatic carbocycles. The van der Waals surface area contributed by atoms with Gasteiger partial charge in [0.1, 0.15) is 8.41 Å². The fourth-order valence-corrected chi connectivity index (χ4v) is 2.70. The molecular formula is C10H8Si. The average molecular weight is 156 g/mol. The molecule has 0 saturated carbocycles. The smallest absolute Gasteiger partial charge is 0.127 e. The van der Waals surface area contributed by atoms with Crippen molar-refractivity contribution in [2.24, 2.45) is 0 Å². The van der Waals surface area contributed by atoms with E-state index in [4.69, 9.17) is 0 Å². The van der Waals surface area contributed by atoms with Gasteiger partial charge in [-0.25, -0.2) is 0 Å². The summed E-state index contributed by atoms with van der Waals surface area (Å²) in [4.78, 5) is 0. The number of hydrogen-bond donors (Lipinski definition) is 0. The van der Waals surface area contributed by atoms with Crippen LogP contribution in [-0.4, -0.2) is 13.7 Å². The van der Waals surface area contributed by atoms with Crippen molar-refractivity contribution in [1.29, 1.82) is 0 Å². The maximum atomic E-state index is 3.34. The Bertz CT molecular complexity index is 340. The number of allylic oxidation sites excluding steroid dienone is 2. The highest BCUT2D eigenvalue weighted by atomic mass is 28.2. The molecule has 2 rings (SSSR count). The van der Waals surface area contributed by atoms with Gasteiger partial charge in [-0.05, 0) is 11.3 Å². The molecule has 1 aliphatic heterocycles. The van der Waals surface area contributed by atoms with Gasteiger partial charge in [-0.2, -0.15) is 0 Å². The van der Waals surface area contributed by atoms with Crippen molar-refractivity contribution in [3.05, 3.63) is 48.2 Å². The summed E-state index contributed by atoms with van der Waals surface area (Å²) >= 11 is 0. The van der Waals surface area contributed by atoms with E-state index in [0.717, 1.165) is 0 Å². The Kier molecular flexibility index (Phi) is 1.68. The van der Waals surface area contributed by atoms with Gasteiger partial charge in [0.2, 0.25) is 0 Å². The predicted molar refractivity (Wildman–Crippen MR) is 50.5 cm³/mol. The molecule has 1 aromatic rings. The fourth-order valence-electron chi connectivity index (χ4n) is 1.13. The van der Waals surface area contributed by atoms with Crippen LogP contribution in [0.4, 0.5) is 0 Å². The number of benzene rings is 1. The lowest BCUT2D eigenvalue weighted by atomic mass is 10.4. The van der Waals surface area contributed by atoms with Crippen LogP contribution in [0.25, 0.3) is 0 Å². The van der Waals surface area contributed by atoms with E-state index in [-0.39, 0.29) is 0 Å². The molecule has 1 aliphatic rings. The number of rotatable bonds is 1. The van der Waals surface area contributed by atoms with Crippen LogP contribution in [0.5, 0.6) is 0 Å². The third-order valence-electron chi connectivity index (χ3n) is 1.68. The van der Waals surface area contributed by atoms with Crippen LogP contribution in [0.3, 0.4) is 0 Å². The molecule has 11 heavy (non-hydrogen) atoms. The largest absolute Gasteiger partial charge is 0.146 e. The second kappa shape index (κ2) is 2.83. The molecule has 0 aromatic heterocycles. The van der Waals surface area contributed by atoms with E-state index < -0.39 is 8.41 Å². The van der Waals surface area contributed by atoms with Crippen LogP contribution in [0, 0.1) is 0 Å². The summed E-state index contributed by atoms with van der Waals surface area (Å²) in [7, 11) is -0.576. The van der Waals surface area contributed by atoms with Crippen molar-refractivity contribution in [3.8, 4) is 0 Å². The van der Waals surface area contributed by atoms with Crippen LogP contribution < -0.4 is 5.19 Å². The molecule has 0 N–H and O–H groups in total. The maximum Gasteiger partial charge on any atom is 0.127 e. The molecule has 0 radical (unpaired) electrons. The molecular weight excluding hydrogens is 148 g/mol. The van der Waals surface area contributed by atoms with Crippen LogP contribution in [-0.2, 0) is 0 Å². The third-order valence-corrected chi connectivity index (χ3v) is 3.64. The first-order valence-electron chi connectivity index (χ1n) is 3.65. The second-order valence-electron chi connectivity index (χ2n) is 2.45. The van der Waals surface area contributed by atoms with Crippen molar-refractivity contribution >= 4 is 18.9 Å². The summed E-state index contributed by atoms with van der Waals surface area (Å²) in [6, 6.07) is 10.6. The Balaban J connectivity index is 2.46. The maximum absolute atomic E-state index is 3.34. The van der Waals surface area contributed by atoms with E-state index in [1.165, 1.54) is 5.19 Å². The van der Waals surface area contributed by atoms with E-state index in [2.05, 4.69) is 41.4 Å².